The fourth-order valence-corrected chi connectivity index (χ4v) is 2.70. The van der Waals surface area contributed by atoms with Gasteiger partial charge in [0.25, 0.3) is 5.56 Å². The molecule has 2 rings (SSSR count). The van der Waals surface area contributed by atoms with Gasteiger partial charge in [0.05, 0.1) is 23.3 Å². The minimum atomic E-state index is 0.0653. The van der Waals surface area contributed by atoms with Gasteiger partial charge in [0.2, 0.25) is 0 Å². The highest BCUT2D eigenvalue weighted by Crippen LogP contribution is 2.17. The first kappa shape index (κ1) is 14.7. The van der Waals surface area contributed by atoms with Crippen LogP contribution >= 0.6 is 0 Å². The standard InChI is InChI=1S/C16H23N3O/c1-6-13(9-18(4)5)19-10-17-15-12(3)7-11(2)8-14(15)16(19)20/h7-8,10,13H,6,9H2,1-5H3/t13-/m1/s1. The number of aromatic nitrogens is 2. The zero-order valence-electron chi connectivity index (χ0n) is 13.0. The van der Waals surface area contributed by atoms with E-state index in [9.17, 15) is 4.79 Å². The SMILES string of the molecule is CC[C@H](CN(C)C)n1cnc2c(C)cc(C)cc2c1=O. The van der Waals surface area contributed by atoms with Gasteiger partial charge in [-0.1, -0.05) is 13.0 Å². The summed E-state index contributed by atoms with van der Waals surface area (Å²) in [5.74, 6) is 0. The van der Waals surface area contributed by atoms with E-state index in [-0.39, 0.29) is 11.6 Å². The van der Waals surface area contributed by atoms with Crippen LogP contribution in [-0.4, -0.2) is 35.1 Å². The molecule has 0 bridgehead atoms. The average molecular weight is 273 g/mol. The zero-order valence-corrected chi connectivity index (χ0v) is 13.0. The first-order valence-corrected chi connectivity index (χ1v) is 7.06. The number of hydrogen-bond donors (Lipinski definition) is 0. The predicted molar refractivity (Wildman–Crippen MR) is 83.4 cm³/mol. The molecule has 20 heavy (non-hydrogen) atoms. The van der Waals surface area contributed by atoms with E-state index in [0.717, 1.165) is 35.0 Å². The van der Waals surface area contributed by atoms with Crippen molar-refractivity contribution in [1.82, 2.24) is 14.5 Å². The van der Waals surface area contributed by atoms with E-state index in [4.69, 9.17) is 0 Å². The maximum absolute atomic E-state index is 12.7. The molecule has 0 saturated heterocycles. The monoisotopic (exact) mass is 273 g/mol. The Balaban J connectivity index is 2.62. The summed E-state index contributed by atoms with van der Waals surface area (Å²) in [5.41, 5.74) is 3.05. The molecule has 1 aromatic carbocycles. The summed E-state index contributed by atoms with van der Waals surface area (Å²) in [6.45, 7) is 6.96. The summed E-state index contributed by atoms with van der Waals surface area (Å²) < 4.78 is 1.78. The van der Waals surface area contributed by atoms with Gasteiger partial charge in [-0.3, -0.25) is 9.36 Å². The Morgan fingerprint density at radius 2 is 2.00 bits per heavy atom. The predicted octanol–water partition coefficient (Wildman–Crippen LogP) is 2.53. The fraction of sp³-hybridized carbons (Fsp3) is 0.500. The lowest BCUT2D eigenvalue weighted by Gasteiger charge is -2.22. The average Bonchev–Trinajstić information content (AvgIpc) is 2.37. The number of nitrogens with zero attached hydrogens (tertiary/aromatic N) is 3. The fourth-order valence-electron chi connectivity index (χ4n) is 2.70. The van der Waals surface area contributed by atoms with Crippen molar-refractivity contribution < 1.29 is 0 Å². The molecule has 1 heterocycles. The third-order valence-corrected chi connectivity index (χ3v) is 3.66. The molecule has 0 amide bonds. The molecule has 0 aliphatic carbocycles. The molecule has 1 aromatic heterocycles. The van der Waals surface area contributed by atoms with E-state index in [2.05, 4.69) is 22.9 Å². The normalized spacial score (nSPS) is 13.1. The van der Waals surface area contributed by atoms with Crippen LogP contribution in [0.2, 0.25) is 0 Å². The molecular formula is C16H23N3O. The van der Waals surface area contributed by atoms with Crippen LogP contribution in [0.5, 0.6) is 0 Å². The van der Waals surface area contributed by atoms with E-state index < -0.39 is 0 Å². The van der Waals surface area contributed by atoms with Crippen molar-refractivity contribution in [3.05, 3.63) is 39.9 Å². The maximum Gasteiger partial charge on any atom is 0.261 e. The van der Waals surface area contributed by atoms with Crippen molar-refractivity contribution >= 4 is 10.9 Å². The van der Waals surface area contributed by atoms with E-state index in [1.165, 1.54) is 0 Å². The Labute approximate surface area is 120 Å². The summed E-state index contributed by atoms with van der Waals surface area (Å²) in [5, 5.41) is 0.724. The minimum absolute atomic E-state index is 0.0653. The first-order chi connectivity index (χ1) is 9.43. The third-order valence-electron chi connectivity index (χ3n) is 3.66. The van der Waals surface area contributed by atoms with Gasteiger partial charge in [0.1, 0.15) is 0 Å². The molecule has 0 N–H and O–H groups in total. The molecule has 0 radical (unpaired) electrons. The Morgan fingerprint density at radius 3 is 2.60 bits per heavy atom. The maximum atomic E-state index is 12.7. The van der Waals surface area contributed by atoms with E-state index in [0.29, 0.717) is 0 Å². The molecule has 2 aromatic rings. The van der Waals surface area contributed by atoms with Crippen LogP contribution in [0, 0.1) is 13.8 Å². The molecule has 4 heteroatoms. The molecule has 4 nitrogen and oxygen atoms in total. The van der Waals surface area contributed by atoms with E-state index in [1.807, 2.05) is 34.0 Å². The quantitative estimate of drug-likeness (QED) is 0.859. The second-order valence-electron chi connectivity index (χ2n) is 5.76. The summed E-state index contributed by atoms with van der Waals surface area (Å²) in [6, 6.07) is 4.17. The van der Waals surface area contributed by atoms with Gasteiger partial charge in [0, 0.05) is 6.54 Å². The smallest absolute Gasteiger partial charge is 0.261 e. The second-order valence-corrected chi connectivity index (χ2v) is 5.76. The molecule has 0 spiro atoms. The molecule has 0 aliphatic rings. The number of hydrogen-bond acceptors (Lipinski definition) is 3. The Kier molecular flexibility index (Phi) is 4.23. The highest BCUT2D eigenvalue weighted by molar-refractivity contribution is 5.81. The van der Waals surface area contributed by atoms with Crippen LogP contribution in [0.25, 0.3) is 10.9 Å². The zero-order chi connectivity index (χ0) is 14.9. The largest absolute Gasteiger partial charge is 0.307 e. The summed E-state index contributed by atoms with van der Waals surface area (Å²) in [7, 11) is 4.05. The second kappa shape index (κ2) is 5.75. The first-order valence-electron chi connectivity index (χ1n) is 7.06. The van der Waals surface area contributed by atoms with Crippen molar-refractivity contribution in [2.75, 3.05) is 20.6 Å². The van der Waals surface area contributed by atoms with Gasteiger partial charge < -0.3 is 4.90 Å². The molecule has 0 aliphatic heterocycles. The van der Waals surface area contributed by atoms with E-state index in [1.54, 1.807) is 10.9 Å². The van der Waals surface area contributed by atoms with Crippen molar-refractivity contribution in [3.63, 3.8) is 0 Å². The number of rotatable bonds is 4. The Morgan fingerprint density at radius 1 is 1.30 bits per heavy atom. The van der Waals surface area contributed by atoms with Gasteiger partial charge in [-0.15, -0.1) is 0 Å². The number of likely N-dealkylation sites (N-methyl/N-ethyl adjacent to an activating group) is 1. The Bertz CT molecular complexity index is 673. The molecule has 0 fully saturated rings. The van der Waals surface area contributed by atoms with Crippen molar-refractivity contribution in [2.45, 2.75) is 33.2 Å². The molecule has 1 atom stereocenters. The lowest BCUT2D eigenvalue weighted by molar-refractivity contribution is 0.311. The number of aryl methyl sites for hydroxylation is 2. The number of benzene rings is 1. The van der Waals surface area contributed by atoms with Crippen molar-refractivity contribution in [2.24, 2.45) is 0 Å². The molecular weight excluding hydrogens is 250 g/mol. The van der Waals surface area contributed by atoms with Gasteiger partial charge >= 0.3 is 0 Å². The molecule has 0 saturated carbocycles. The molecule has 108 valence electrons. The van der Waals surface area contributed by atoms with Crippen LogP contribution in [0.3, 0.4) is 0 Å². The highest BCUT2D eigenvalue weighted by Gasteiger charge is 2.14. The third kappa shape index (κ3) is 2.75. The summed E-state index contributed by atoms with van der Waals surface area (Å²) >= 11 is 0. The van der Waals surface area contributed by atoms with Crippen LogP contribution < -0.4 is 5.56 Å². The van der Waals surface area contributed by atoms with Crippen molar-refractivity contribution in [3.8, 4) is 0 Å². The van der Waals surface area contributed by atoms with Gasteiger partial charge in [-0.2, -0.15) is 0 Å². The van der Waals surface area contributed by atoms with Crippen LogP contribution in [0.15, 0.2) is 23.3 Å². The van der Waals surface area contributed by atoms with Crippen molar-refractivity contribution in [1.29, 1.82) is 0 Å². The molecule has 0 unspecified atom stereocenters. The summed E-state index contributed by atoms with van der Waals surface area (Å²) in [4.78, 5) is 19.3. The van der Waals surface area contributed by atoms with Gasteiger partial charge in [-0.05, 0) is 51.6 Å². The summed E-state index contributed by atoms with van der Waals surface area (Å²) in [6.07, 6.45) is 2.61. The Hall–Kier alpha value is -1.68. The topological polar surface area (TPSA) is 38.1 Å². The van der Waals surface area contributed by atoms with Crippen LogP contribution in [0.4, 0.5) is 0 Å². The van der Waals surface area contributed by atoms with Gasteiger partial charge in [-0.25, -0.2) is 4.98 Å². The lowest BCUT2D eigenvalue weighted by atomic mass is 10.1. The highest BCUT2D eigenvalue weighted by atomic mass is 16.1. The lowest BCUT2D eigenvalue weighted by Crippen LogP contribution is -2.31. The van der Waals surface area contributed by atoms with E-state index >= 15 is 0 Å². The van der Waals surface area contributed by atoms with Gasteiger partial charge in [0.15, 0.2) is 0 Å². The van der Waals surface area contributed by atoms with Crippen LogP contribution in [0.1, 0.15) is 30.5 Å². The number of fused-ring (bicyclic) bond motifs is 1. The van der Waals surface area contributed by atoms with Crippen LogP contribution in [-0.2, 0) is 0 Å². The minimum Gasteiger partial charge on any atom is -0.307 e.